The topological polar surface area (TPSA) is 359 Å². The van der Waals surface area contributed by atoms with Crippen LogP contribution in [0.3, 0.4) is 0 Å². The molecule has 2 aromatic rings. The van der Waals surface area contributed by atoms with Gasteiger partial charge in [0.25, 0.3) is 11.5 Å². The van der Waals surface area contributed by atoms with Gasteiger partial charge in [-0.05, 0) is 43.0 Å². The van der Waals surface area contributed by atoms with Crippen molar-refractivity contribution in [1.82, 2.24) is 20.2 Å². The third-order valence-corrected chi connectivity index (χ3v) is 10.9. The maximum atomic E-state index is 12.5. The fourth-order valence-corrected chi connectivity index (χ4v) is 7.62. The summed E-state index contributed by atoms with van der Waals surface area (Å²) in [6.45, 7) is 0.903. The van der Waals surface area contributed by atoms with Crippen molar-refractivity contribution in [2.45, 2.75) is 51.2 Å². The Kier molecular flexibility index (Phi) is 18.8. The Morgan fingerprint density at radius 1 is 1.12 bits per heavy atom. The lowest BCUT2D eigenvalue weighted by Gasteiger charge is -2.19. The third kappa shape index (κ3) is 17.9. The standard InChI is InChI=1S/C29H40N7O18P3/c1-2-3-11-32-27(38)20-6-4-8-22(15-20)50-19-25(34-35-30)49-14-13-48-18-24(37)31-12-5-7-21-16-36(29(40)33-28(21)39)26-10-9-23(52-26)17-51-56(44,45)54-57(46,47)53-55(41,42)43/h4,6,8,15-16,23,25-26H,2-3,9-14,17-19H2,1H3,(H,31,37)(H,32,38)(H,44,45)(H,46,47)(H,33,39,40)(H2,41,42,43)/t23-,25?,26+/m0/s1. The molecule has 0 bridgehead atoms. The van der Waals surface area contributed by atoms with Gasteiger partial charge in [-0.15, -0.1) is 0 Å². The Morgan fingerprint density at radius 2 is 1.89 bits per heavy atom. The molecule has 5 atom stereocenters. The van der Waals surface area contributed by atoms with Gasteiger partial charge in [-0.2, -0.15) is 8.62 Å². The van der Waals surface area contributed by atoms with E-state index in [-0.39, 0.29) is 50.7 Å². The Morgan fingerprint density at radius 3 is 2.61 bits per heavy atom. The molecule has 1 aliphatic heterocycles. The number of carbonyl (C=O) groups is 2. The van der Waals surface area contributed by atoms with Gasteiger partial charge in [-0.3, -0.25) is 28.5 Å². The molecule has 0 spiro atoms. The molecule has 28 heteroatoms. The van der Waals surface area contributed by atoms with Crippen LogP contribution in [0.4, 0.5) is 0 Å². The first-order chi connectivity index (χ1) is 26.9. The normalized spacial score (nSPS) is 17.8. The van der Waals surface area contributed by atoms with E-state index < -0.39 is 72.4 Å². The van der Waals surface area contributed by atoms with Crippen molar-refractivity contribution in [3.63, 3.8) is 0 Å². The molecule has 3 unspecified atom stereocenters. The first-order valence-corrected chi connectivity index (χ1v) is 21.2. The summed E-state index contributed by atoms with van der Waals surface area (Å²) in [7, 11) is -16.7. The first-order valence-electron chi connectivity index (χ1n) is 16.7. The summed E-state index contributed by atoms with van der Waals surface area (Å²) in [6.07, 6.45) is 0.0756. The molecule has 25 nitrogen and oxygen atoms in total. The van der Waals surface area contributed by atoms with E-state index in [1.165, 1.54) is 0 Å². The highest BCUT2D eigenvalue weighted by atomic mass is 31.3. The molecule has 0 saturated carbocycles. The number of carbonyl (C=O) groups excluding carboxylic acids is 2. The summed E-state index contributed by atoms with van der Waals surface area (Å²) in [5.74, 6) is 4.60. The molecule has 57 heavy (non-hydrogen) atoms. The second-order valence-electron chi connectivity index (χ2n) is 11.5. The second-order valence-corrected chi connectivity index (χ2v) is 15.9. The maximum Gasteiger partial charge on any atom is 0.490 e. The van der Waals surface area contributed by atoms with E-state index in [4.69, 9.17) is 34.3 Å². The highest BCUT2D eigenvalue weighted by Gasteiger charge is 2.41. The number of hydrogen-bond acceptors (Lipinski definition) is 15. The minimum Gasteiger partial charge on any atom is -0.491 e. The van der Waals surface area contributed by atoms with Gasteiger partial charge in [0.1, 0.15) is 30.8 Å². The van der Waals surface area contributed by atoms with Gasteiger partial charge in [-0.1, -0.05) is 36.4 Å². The predicted molar refractivity (Wildman–Crippen MR) is 193 cm³/mol. The molecule has 0 radical (unpaired) electrons. The van der Waals surface area contributed by atoms with Crippen LogP contribution in [0.25, 0.3) is 10.4 Å². The number of aromatic nitrogens is 2. The van der Waals surface area contributed by atoms with Crippen molar-refractivity contribution < 1.29 is 75.0 Å². The van der Waals surface area contributed by atoms with E-state index in [0.717, 1.165) is 23.6 Å². The van der Waals surface area contributed by atoms with E-state index >= 15 is 0 Å². The van der Waals surface area contributed by atoms with Gasteiger partial charge < -0.3 is 49.2 Å². The van der Waals surface area contributed by atoms with Crippen LogP contribution in [0.2, 0.25) is 0 Å². The fourth-order valence-electron chi connectivity index (χ4n) is 4.57. The number of aromatic amines is 1. The quantitative estimate of drug-likeness (QED) is 0.0207. The molecule has 1 aliphatic rings. The maximum absolute atomic E-state index is 12.5. The smallest absolute Gasteiger partial charge is 0.490 e. The molecule has 1 aromatic carbocycles. The van der Waals surface area contributed by atoms with Crippen LogP contribution in [0.5, 0.6) is 5.75 Å². The van der Waals surface area contributed by atoms with E-state index in [1.54, 1.807) is 24.3 Å². The van der Waals surface area contributed by atoms with Crippen LogP contribution in [-0.4, -0.2) is 99.4 Å². The minimum atomic E-state index is -5.71. The summed E-state index contributed by atoms with van der Waals surface area (Å²) in [4.78, 5) is 90.1. The predicted octanol–water partition coefficient (Wildman–Crippen LogP) is 1.30. The zero-order valence-corrected chi connectivity index (χ0v) is 32.7. The number of unbranched alkanes of at least 4 members (excludes halogenated alkanes) is 1. The highest BCUT2D eigenvalue weighted by Crippen LogP contribution is 2.66. The second kappa shape index (κ2) is 22.7. The molecular weight excluding hydrogens is 827 g/mol. The zero-order chi connectivity index (χ0) is 42.1. The summed E-state index contributed by atoms with van der Waals surface area (Å²) in [6, 6.07) is 6.45. The average molecular weight is 868 g/mol. The number of nitrogens with one attached hydrogen (secondary N) is 3. The monoisotopic (exact) mass is 867 g/mol. The Labute approximate surface area is 323 Å². The van der Waals surface area contributed by atoms with Crippen molar-refractivity contribution >= 4 is 35.3 Å². The number of nitrogens with zero attached hydrogens (tertiary/aromatic N) is 4. The van der Waals surface area contributed by atoms with Crippen molar-refractivity contribution in [2.75, 3.05) is 46.1 Å². The number of ether oxygens (including phenoxy) is 4. The average Bonchev–Trinajstić information content (AvgIpc) is 3.59. The van der Waals surface area contributed by atoms with Gasteiger partial charge >= 0.3 is 29.2 Å². The Bertz CT molecular complexity index is 2080. The van der Waals surface area contributed by atoms with Crippen molar-refractivity contribution in [3.05, 3.63) is 72.9 Å². The fraction of sp³-hybridized carbons (Fsp3) is 0.517. The SMILES string of the molecule is CCCCNC(=O)c1cccc(OCC(N=[N+]=[N-])OCCOCC(=O)NCC#Cc2cn([C@H]3CC[C@@H](COP(=O)(O)OP(=O)(O)OP(=O)(O)O)O3)c(=O)[nH]c2=O)c1. The van der Waals surface area contributed by atoms with Crippen LogP contribution < -0.4 is 26.6 Å². The van der Waals surface area contributed by atoms with Crippen LogP contribution in [0.1, 0.15) is 54.8 Å². The van der Waals surface area contributed by atoms with Crippen molar-refractivity contribution in [2.24, 2.45) is 5.11 Å². The summed E-state index contributed by atoms with van der Waals surface area (Å²) >= 11 is 0. The zero-order valence-electron chi connectivity index (χ0n) is 30.0. The molecular formula is C29H40N7O18P3. The molecule has 0 aliphatic carbocycles. The molecule has 1 saturated heterocycles. The van der Waals surface area contributed by atoms with Crippen LogP contribution in [-0.2, 0) is 45.8 Å². The largest absolute Gasteiger partial charge is 0.491 e. The molecule has 1 fully saturated rings. The van der Waals surface area contributed by atoms with Gasteiger partial charge in [0.2, 0.25) is 5.91 Å². The Balaban J connectivity index is 1.40. The van der Waals surface area contributed by atoms with Gasteiger partial charge in [0, 0.05) is 23.2 Å². The number of hydrogen-bond donors (Lipinski definition) is 7. The lowest BCUT2D eigenvalue weighted by atomic mass is 10.2. The molecule has 3 rings (SSSR count). The number of H-pyrrole nitrogens is 1. The van der Waals surface area contributed by atoms with Crippen LogP contribution >= 0.6 is 23.5 Å². The Hall–Kier alpha value is -4.20. The van der Waals surface area contributed by atoms with Crippen molar-refractivity contribution in [1.29, 1.82) is 0 Å². The number of phosphoric acid groups is 3. The lowest BCUT2D eigenvalue weighted by Crippen LogP contribution is -2.34. The van der Waals surface area contributed by atoms with E-state index in [0.29, 0.717) is 17.9 Å². The number of benzene rings is 1. The summed E-state index contributed by atoms with van der Waals surface area (Å²) in [5, 5.41) is 8.78. The van der Waals surface area contributed by atoms with Gasteiger partial charge in [0.15, 0.2) is 6.23 Å². The van der Waals surface area contributed by atoms with Gasteiger partial charge in [0.05, 0.1) is 32.5 Å². The summed E-state index contributed by atoms with van der Waals surface area (Å²) in [5.41, 5.74) is 7.36. The molecule has 2 amide bonds. The van der Waals surface area contributed by atoms with E-state index in [9.17, 15) is 42.7 Å². The number of rotatable bonds is 23. The van der Waals surface area contributed by atoms with E-state index in [2.05, 4.69) is 50.6 Å². The minimum absolute atomic E-state index is 0.0662. The highest BCUT2D eigenvalue weighted by molar-refractivity contribution is 7.66. The molecule has 7 N–H and O–H groups in total. The van der Waals surface area contributed by atoms with Gasteiger partial charge in [-0.25, -0.2) is 18.5 Å². The number of amides is 2. The lowest BCUT2D eigenvalue weighted by molar-refractivity contribution is -0.126. The van der Waals surface area contributed by atoms with Crippen LogP contribution in [0, 0.1) is 11.8 Å². The molecule has 1 aromatic heterocycles. The van der Waals surface area contributed by atoms with Crippen LogP contribution in [0.15, 0.2) is 45.2 Å². The van der Waals surface area contributed by atoms with Crippen molar-refractivity contribution in [3.8, 4) is 17.6 Å². The molecule has 314 valence electrons. The molecule has 2 heterocycles. The first kappa shape index (κ1) is 47.2. The third-order valence-electron chi connectivity index (χ3n) is 7.06. The number of phosphoric ester groups is 1. The number of azide groups is 1. The summed E-state index contributed by atoms with van der Waals surface area (Å²) < 4.78 is 69.0. The van der Waals surface area contributed by atoms with E-state index in [1.807, 2.05) is 6.92 Å².